The van der Waals surface area contributed by atoms with E-state index in [1.807, 2.05) is 37.3 Å². The van der Waals surface area contributed by atoms with Crippen LogP contribution in [0.4, 0.5) is 5.69 Å². The van der Waals surface area contributed by atoms with Gasteiger partial charge in [-0.25, -0.2) is 0 Å². The molecule has 1 heterocycles. The molecule has 0 saturated carbocycles. The van der Waals surface area contributed by atoms with E-state index in [1.54, 1.807) is 7.11 Å². The number of nitrogens with one attached hydrogen (secondary N) is 1. The van der Waals surface area contributed by atoms with Crippen LogP contribution in [0.15, 0.2) is 65.1 Å². The lowest BCUT2D eigenvalue weighted by Crippen LogP contribution is -2.28. The molecule has 4 aromatic rings. The zero-order valence-electron chi connectivity index (χ0n) is 16.1. The van der Waals surface area contributed by atoms with E-state index >= 15 is 0 Å². The van der Waals surface area contributed by atoms with Crippen molar-refractivity contribution in [2.45, 2.75) is 26.1 Å². The van der Waals surface area contributed by atoms with Crippen molar-refractivity contribution >= 4 is 43.4 Å². The zero-order chi connectivity index (χ0) is 19.8. The molecule has 0 aliphatic rings. The van der Waals surface area contributed by atoms with Crippen LogP contribution in [-0.4, -0.2) is 22.9 Å². The lowest BCUT2D eigenvalue weighted by Gasteiger charge is -2.26. The maximum Gasteiger partial charge on any atom is 0.130 e. The van der Waals surface area contributed by atoms with Crippen molar-refractivity contribution in [2.24, 2.45) is 0 Å². The van der Waals surface area contributed by atoms with Gasteiger partial charge in [-0.3, -0.25) is 0 Å². The Morgan fingerprint density at radius 1 is 1.00 bits per heavy atom. The molecule has 0 bridgehead atoms. The number of rotatable bonds is 5. The van der Waals surface area contributed by atoms with Gasteiger partial charge in [0, 0.05) is 27.0 Å². The van der Waals surface area contributed by atoms with Crippen molar-refractivity contribution in [2.75, 3.05) is 12.4 Å². The van der Waals surface area contributed by atoms with E-state index in [4.69, 9.17) is 4.74 Å². The van der Waals surface area contributed by atoms with Gasteiger partial charge in [-0.2, -0.15) is 0 Å². The van der Waals surface area contributed by atoms with Crippen LogP contribution in [0.1, 0.15) is 18.7 Å². The molecule has 0 fully saturated rings. The number of ether oxygens (including phenoxy) is 1. The summed E-state index contributed by atoms with van der Waals surface area (Å²) in [5.41, 5.74) is 4.26. The summed E-state index contributed by atoms with van der Waals surface area (Å²) in [5.74, 6) is 0.774. The number of aliphatic hydroxyl groups is 1. The van der Waals surface area contributed by atoms with E-state index in [9.17, 15) is 5.11 Å². The molecule has 28 heavy (non-hydrogen) atoms. The normalized spacial score (nSPS) is 13.6. The summed E-state index contributed by atoms with van der Waals surface area (Å²) in [6.45, 7) is 3.91. The van der Waals surface area contributed by atoms with Crippen LogP contribution in [0, 0.1) is 6.92 Å². The lowest BCUT2D eigenvalue weighted by molar-refractivity contribution is 0.147. The van der Waals surface area contributed by atoms with Crippen LogP contribution < -0.4 is 10.1 Å². The van der Waals surface area contributed by atoms with Gasteiger partial charge in [-0.15, -0.1) is 0 Å². The van der Waals surface area contributed by atoms with Crippen molar-refractivity contribution < 1.29 is 9.84 Å². The number of hydrogen-bond donors (Lipinski definition) is 2. The highest BCUT2D eigenvalue weighted by molar-refractivity contribution is 9.10. The van der Waals surface area contributed by atoms with Crippen molar-refractivity contribution in [3.8, 4) is 5.75 Å². The Bertz CT molecular complexity index is 1090. The number of hydrogen-bond acceptors (Lipinski definition) is 3. The standard InChI is InChI=1S/C23H23BrN2O2/c1-14-7-9-21-19(11-14)20-12-16(24)8-10-22(20)26(21)23(15(2)27)25-17-5-4-6-18(13-17)28-3/h4-13,15,23,25,27H,1-3H3. The van der Waals surface area contributed by atoms with Gasteiger partial charge in [-0.1, -0.05) is 33.6 Å². The Kier molecular flexibility index (Phi) is 5.04. The molecule has 3 aromatic carbocycles. The number of aryl methyl sites for hydroxylation is 1. The highest BCUT2D eigenvalue weighted by atomic mass is 79.9. The Labute approximate surface area is 172 Å². The van der Waals surface area contributed by atoms with Crippen LogP contribution in [0.5, 0.6) is 5.75 Å². The van der Waals surface area contributed by atoms with Gasteiger partial charge in [0.05, 0.1) is 24.2 Å². The van der Waals surface area contributed by atoms with E-state index in [0.29, 0.717) is 0 Å². The van der Waals surface area contributed by atoms with Gasteiger partial charge in [-0.05, 0) is 56.3 Å². The molecule has 0 amide bonds. The van der Waals surface area contributed by atoms with Gasteiger partial charge in [0.1, 0.15) is 11.9 Å². The minimum Gasteiger partial charge on any atom is -0.497 e. The Morgan fingerprint density at radius 2 is 1.71 bits per heavy atom. The van der Waals surface area contributed by atoms with Crippen LogP contribution in [-0.2, 0) is 0 Å². The van der Waals surface area contributed by atoms with E-state index in [1.165, 1.54) is 10.9 Å². The first kappa shape index (κ1) is 18.8. The van der Waals surface area contributed by atoms with E-state index in [0.717, 1.165) is 32.3 Å². The monoisotopic (exact) mass is 438 g/mol. The summed E-state index contributed by atoms with van der Waals surface area (Å²) >= 11 is 3.59. The summed E-state index contributed by atoms with van der Waals surface area (Å²) in [4.78, 5) is 0. The van der Waals surface area contributed by atoms with E-state index in [-0.39, 0.29) is 6.17 Å². The predicted molar refractivity (Wildman–Crippen MR) is 119 cm³/mol. The van der Waals surface area contributed by atoms with Crippen LogP contribution in [0.2, 0.25) is 0 Å². The van der Waals surface area contributed by atoms with Crippen molar-refractivity contribution in [3.63, 3.8) is 0 Å². The van der Waals surface area contributed by atoms with Crippen molar-refractivity contribution in [1.29, 1.82) is 0 Å². The van der Waals surface area contributed by atoms with Crippen LogP contribution >= 0.6 is 15.9 Å². The molecule has 0 radical (unpaired) electrons. The molecular weight excluding hydrogens is 416 g/mol. The maximum atomic E-state index is 10.7. The number of nitrogens with zero attached hydrogens (tertiary/aromatic N) is 1. The van der Waals surface area contributed by atoms with Gasteiger partial charge < -0.3 is 19.7 Å². The number of benzene rings is 3. The second-order valence-corrected chi connectivity index (χ2v) is 8.03. The molecule has 2 N–H and O–H groups in total. The molecule has 144 valence electrons. The maximum absolute atomic E-state index is 10.7. The number of aromatic nitrogens is 1. The fourth-order valence-corrected chi connectivity index (χ4v) is 4.08. The third kappa shape index (κ3) is 3.36. The first-order valence-corrected chi connectivity index (χ1v) is 10.1. The summed E-state index contributed by atoms with van der Waals surface area (Å²) in [7, 11) is 1.65. The number of fused-ring (bicyclic) bond motifs is 3. The third-order valence-electron chi connectivity index (χ3n) is 5.04. The molecule has 0 saturated heterocycles. The minimum absolute atomic E-state index is 0.337. The van der Waals surface area contributed by atoms with Crippen molar-refractivity contribution in [3.05, 3.63) is 70.7 Å². The first-order valence-electron chi connectivity index (χ1n) is 9.26. The lowest BCUT2D eigenvalue weighted by atomic mass is 10.1. The van der Waals surface area contributed by atoms with E-state index in [2.05, 4.69) is 63.1 Å². The van der Waals surface area contributed by atoms with Crippen LogP contribution in [0.25, 0.3) is 21.8 Å². The SMILES string of the molecule is COc1cccc(NC(C(C)O)n2c3ccc(C)cc3c3cc(Br)ccc32)c1. The second kappa shape index (κ2) is 7.49. The van der Waals surface area contributed by atoms with E-state index < -0.39 is 6.10 Å². The summed E-state index contributed by atoms with van der Waals surface area (Å²) in [6.07, 6.45) is -0.953. The van der Waals surface area contributed by atoms with Gasteiger partial charge in [0.25, 0.3) is 0 Å². The molecule has 0 aliphatic carbocycles. The molecule has 4 rings (SSSR count). The molecule has 4 nitrogen and oxygen atoms in total. The quantitative estimate of drug-likeness (QED) is 0.409. The smallest absolute Gasteiger partial charge is 0.130 e. The Balaban J connectivity index is 1.92. The Hall–Kier alpha value is -2.50. The third-order valence-corrected chi connectivity index (χ3v) is 5.53. The molecule has 2 atom stereocenters. The highest BCUT2D eigenvalue weighted by Gasteiger charge is 2.22. The molecular formula is C23H23BrN2O2. The van der Waals surface area contributed by atoms with Crippen LogP contribution in [0.3, 0.4) is 0 Å². The average molecular weight is 439 g/mol. The zero-order valence-corrected chi connectivity index (χ0v) is 17.7. The summed E-state index contributed by atoms with van der Waals surface area (Å²) in [6, 6.07) is 20.5. The van der Waals surface area contributed by atoms with Gasteiger partial charge >= 0.3 is 0 Å². The summed E-state index contributed by atoms with van der Waals surface area (Å²) < 4.78 is 8.56. The molecule has 2 unspecified atom stereocenters. The highest BCUT2D eigenvalue weighted by Crippen LogP contribution is 2.35. The second-order valence-electron chi connectivity index (χ2n) is 7.11. The molecule has 0 aliphatic heterocycles. The molecule has 1 aromatic heterocycles. The van der Waals surface area contributed by atoms with Crippen molar-refractivity contribution in [1.82, 2.24) is 4.57 Å². The number of methoxy groups -OCH3 is 1. The van der Waals surface area contributed by atoms with Gasteiger partial charge in [0.2, 0.25) is 0 Å². The number of anilines is 1. The molecule has 0 spiro atoms. The number of halogens is 1. The minimum atomic E-state index is -0.616. The predicted octanol–water partition coefficient (Wildman–Crippen LogP) is 5.87. The average Bonchev–Trinajstić information content (AvgIpc) is 2.98. The fraction of sp³-hybridized carbons (Fsp3) is 0.217. The number of aliphatic hydroxyl groups excluding tert-OH is 1. The van der Waals surface area contributed by atoms with Gasteiger partial charge in [0.15, 0.2) is 0 Å². The molecule has 5 heteroatoms. The fourth-order valence-electron chi connectivity index (χ4n) is 3.72. The largest absolute Gasteiger partial charge is 0.497 e. The summed E-state index contributed by atoms with van der Waals surface area (Å²) in [5, 5.41) is 16.5. The Morgan fingerprint density at radius 3 is 2.43 bits per heavy atom. The topological polar surface area (TPSA) is 46.4 Å². The first-order chi connectivity index (χ1) is 13.5.